The second-order valence-corrected chi connectivity index (χ2v) is 4.11. The van der Waals surface area contributed by atoms with Gasteiger partial charge in [0.1, 0.15) is 5.75 Å². The zero-order chi connectivity index (χ0) is 11.8. The molecule has 0 aliphatic heterocycles. The van der Waals surface area contributed by atoms with Gasteiger partial charge in [-0.1, -0.05) is 25.5 Å². The number of hydrogen-bond donors (Lipinski definition) is 2. The Bertz CT molecular complexity index is 302. The van der Waals surface area contributed by atoms with E-state index in [1.54, 1.807) is 0 Å². The monoisotopic (exact) mass is 222 g/mol. The minimum Gasteiger partial charge on any atom is -0.494 e. The van der Waals surface area contributed by atoms with E-state index in [2.05, 4.69) is 25.3 Å². The lowest BCUT2D eigenvalue weighted by molar-refractivity contribution is 0.281. The van der Waals surface area contributed by atoms with E-state index in [1.165, 1.54) is 5.56 Å². The van der Waals surface area contributed by atoms with Gasteiger partial charge in [0.05, 0.1) is 6.61 Å². The van der Waals surface area contributed by atoms with Gasteiger partial charge in [-0.3, -0.25) is 11.3 Å². The fourth-order valence-electron chi connectivity index (χ4n) is 1.68. The first-order chi connectivity index (χ1) is 7.76. The predicted octanol–water partition coefficient (Wildman–Crippen LogP) is 2.40. The summed E-state index contributed by atoms with van der Waals surface area (Å²) in [5, 5.41) is 0. The molecule has 1 atom stereocenters. The Morgan fingerprint density at radius 1 is 1.38 bits per heavy atom. The second kappa shape index (κ2) is 7.25. The third kappa shape index (κ3) is 4.64. The van der Waals surface area contributed by atoms with Gasteiger partial charge in [0, 0.05) is 6.04 Å². The summed E-state index contributed by atoms with van der Waals surface area (Å²) >= 11 is 0. The summed E-state index contributed by atoms with van der Waals surface area (Å²) in [4.78, 5) is 0. The molecule has 0 spiro atoms. The average Bonchev–Trinajstić information content (AvgIpc) is 2.28. The molecule has 3 N–H and O–H groups in total. The number of hydrogen-bond acceptors (Lipinski definition) is 3. The molecule has 3 heteroatoms. The highest BCUT2D eigenvalue weighted by molar-refractivity contribution is 5.27. The molecule has 3 nitrogen and oxygen atoms in total. The van der Waals surface area contributed by atoms with Gasteiger partial charge in [-0.2, -0.15) is 0 Å². The molecule has 0 radical (unpaired) electrons. The standard InChI is InChI=1S/C13H22N2O/c1-3-5-12(15-14)8-9-16-13-7-4-6-11(2)10-13/h4,6-7,10,12,15H,3,5,8-9,14H2,1-2H3. The SMILES string of the molecule is CCCC(CCOc1cccc(C)c1)NN. The molecule has 1 rings (SSSR count). The number of hydrazine groups is 1. The Morgan fingerprint density at radius 3 is 2.81 bits per heavy atom. The van der Waals surface area contributed by atoms with Crippen LogP contribution < -0.4 is 16.0 Å². The number of ether oxygens (including phenoxy) is 1. The van der Waals surface area contributed by atoms with E-state index in [0.717, 1.165) is 25.0 Å². The molecule has 90 valence electrons. The Balaban J connectivity index is 2.29. The number of aryl methyl sites for hydroxylation is 1. The van der Waals surface area contributed by atoms with E-state index in [9.17, 15) is 0 Å². The van der Waals surface area contributed by atoms with E-state index in [4.69, 9.17) is 10.6 Å². The van der Waals surface area contributed by atoms with Crippen LogP contribution in [0.15, 0.2) is 24.3 Å². The molecule has 0 heterocycles. The quantitative estimate of drug-likeness (QED) is 0.550. The van der Waals surface area contributed by atoms with E-state index < -0.39 is 0 Å². The van der Waals surface area contributed by atoms with Crippen LogP contribution in [0.1, 0.15) is 31.7 Å². The third-order valence-electron chi connectivity index (χ3n) is 2.60. The Kier molecular flexibility index (Phi) is 5.90. The van der Waals surface area contributed by atoms with Gasteiger partial charge >= 0.3 is 0 Å². The van der Waals surface area contributed by atoms with Crippen molar-refractivity contribution in [1.82, 2.24) is 5.43 Å². The highest BCUT2D eigenvalue weighted by Gasteiger charge is 2.04. The lowest BCUT2D eigenvalue weighted by Gasteiger charge is -2.15. The fraction of sp³-hybridized carbons (Fsp3) is 0.538. The molecule has 0 fully saturated rings. The molecule has 0 amide bonds. The van der Waals surface area contributed by atoms with Crippen molar-refractivity contribution < 1.29 is 4.74 Å². The van der Waals surface area contributed by atoms with E-state index >= 15 is 0 Å². The predicted molar refractivity (Wildman–Crippen MR) is 67.3 cm³/mol. The normalized spacial score (nSPS) is 12.4. The molecular weight excluding hydrogens is 200 g/mol. The number of nitrogens with one attached hydrogen (secondary N) is 1. The summed E-state index contributed by atoms with van der Waals surface area (Å²) in [6.45, 7) is 4.93. The van der Waals surface area contributed by atoms with Crippen molar-refractivity contribution in [3.63, 3.8) is 0 Å². The molecule has 0 saturated carbocycles. The van der Waals surface area contributed by atoms with Crippen molar-refractivity contribution in [2.24, 2.45) is 5.84 Å². The van der Waals surface area contributed by atoms with Crippen molar-refractivity contribution in [3.8, 4) is 5.75 Å². The number of nitrogens with two attached hydrogens (primary N) is 1. The van der Waals surface area contributed by atoms with Crippen LogP contribution in [0.2, 0.25) is 0 Å². The van der Waals surface area contributed by atoms with Crippen molar-refractivity contribution in [2.75, 3.05) is 6.61 Å². The number of rotatable bonds is 7. The first-order valence-corrected chi connectivity index (χ1v) is 5.92. The van der Waals surface area contributed by atoms with Crippen LogP contribution in [0.25, 0.3) is 0 Å². The molecule has 1 unspecified atom stereocenters. The lowest BCUT2D eigenvalue weighted by atomic mass is 10.1. The summed E-state index contributed by atoms with van der Waals surface area (Å²) in [5.41, 5.74) is 4.04. The summed E-state index contributed by atoms with van der Waals surface area (Å²) in [7, 11) is 0. The second-order valence-electron chi connectivity index (χ2n) is 4.11. The lowest BCUT2D eigenvalue weighted by Crippen LogP contribution is -2.36. The zero-order valence-electron chi connectivity index (χ0n) is 10.2. The summed E-state index contributed by atoms with van der Waals surface area (Å²) < 4.78 is 5.67. The molecule has 16 heavy (non-hydrogen) atoms. The zero-order valence-corrected chi connectivity index (χ0v) is 10.2. The highest BCUT2D eigenvalue weighted by atomic mass is 16.5. The van der Waals surface area contributed by atoms with Crippen molar-refractivity contribution in [1.29, 1.82) is 0 Å². The molecule has 0 bridgehead atoms. The maximum Gasteiger partial charge on any atom is 0.119 e. The first kappa shape index (κ1) is 13.0. The summed E-state index contributed by atoms with van der Waals surface area (Å²) in [5.74, 6) is 6.39. The van der Waals surface area contributed by atoms with Crippen LogP contribution in [-0.4, -0.2) is 12.6 Å². The van der Waals surface area contributed by atoms with Gasteiger partial charge in [-0.15, -0.1) is 0 Å². The van der Waals surface area contributed by atoms with E-state index in [0.29, 0.717) is 12.6 Å². The minimum atomic E-state index is 0.356. The maximum atomic E-state index is 5.67. The van der Waals surface area contributed by atoms with Crippen molar-refractivity contribution in [3.05, 3.63) is 29.8 Å². The van der Waals surface area contributed by atoms with Gasteiger partial charge < -0.3 is 4.74 Å². The molecule has 1 aromatic carbocycles. The van der Waals surface area contributed by atoms with Gasteiger partial charge in [0.2, 0.25) is 0 Å². The average molecular weight is 222 g/mol. The van der Waals surface area contributed by atoms with Gasteiger partial charge in [-0.05, 0) is 37.5 Å². The summed E-state index contributed by atoms with van der Waals surface area (Å²) in [6, 6.07) is 8.46. The van der Waals surface area contributed by atoms with E-state index in [-0.39, 0.29) is 0 Å². The van der Waals surface area contributed by atoms with Crippen LogP contribution in [0.3, 0.4) is 0 Å². The van der Waals surface area contributed by atoms with Crippen LogP contribution >= 0.6 is 0 Å². The first-order valence-electron chi connectivity index (χ1n) is 5.92. The van der Waals surface area contributed by atoms with Gasteiger partial charge in [0.15, 0.2) is 0 Å². The number of benzene rings is 1. The van der Waals surface area contributed by atoms with Crippen LogP contribution in [-0.2, 0) is 0 Å². The molecule has 1 aromatic rings. The molecule has 0 saturated heterocycles. The molecule has 0 aliphatic rings. The molecular formula is C13H22N2O. The van der Waals surface area contributed by atoms with E-state index in [1.807, 2.05) is 18.2 Å². The van der Waals surface area contributed by atoms with Crippen LogP contribution in [0.5, 0.6) is 5.75 Å². The van der Waals surface area contributed by atoms with Crippen LogP contribution in [0, 0.1) is 6.92 Å². The van der Waals surface area contributed by atoms with Crippen LogP contribution in [0.4, 0.5) is 0 Å². The third-order valence-corrected chi connectivity index (χ3v) is 2.60. The fourth-order valence-corrected chi connectivity index (χ4v) is 1.68. The van der Waals surface area contributed by atoms with Gasteiger partial charge in [-0.25, -0.2) is 0 Å². The summed E-state index contributed by atoms with van der Waals surface area (Å²) in [6.07, 6.45) is 3.17. The smallest absolute Gasteiger partial charge is 0.119 e. The highest BCUT2D eigenvalue weighted by Crippen LogP contribution is 2.13. The Labute approximate surface area is 98.0 Å². The molecule has 0 aliphatic carbocycles. The maximum absolute atomic E-state index is 5.67. The van der Waals surface area contributed by atoms with Crippen molar-refractivity contribution >= 4 is 0 Å². The minimum absolute atomic E-state index is 0.356. The van der Waals surface area contributed by atoms with Crippen molar-refractivity contribution in [2.45, 2.75) is 39.2 Å². The topological polar surface area (TPSA) is 47.3 Å². The molecule has 0 aromatic heterocycles. The largest absolute Gasteiger partial charge is 0.494 e. The Morgan fingerprint density at radius 2 is 2.19 bits per heavy atom. The van der Waals surface area contributed by atoms with Gasteiger partial charge in [0.25, 0.3) is 0 Å². The Hall–Kier alpha value is -1.06.